The maximum atomic E-state index is 3.71. The lowest BCUT2D eigenvalue weighted by Gasteiger charge is -1.94. The Labute approximate surface area is 77.4 Å². The van der Waals surface area contributed by atoms with Gasteiger partial charge in [-0.1, -0.05) is 38.0 Å². The van der Waals surface area contributed by atoms with Crippen molar-refractivity contribution < 1.29 is 0 Å². The molecule has 0 radical (unpaired) electrons. The van der Waals surface area contributed by atoms with Gasteiger partial charge in [-0.25, -0.2) is 0 Å². The van der Waals surface area contributed by atoms with E-state index in [0.29, 0.717) is 0 Å². The smallest absolute Gasteiger partial charge is 0.0351 e. The lowest BCUT2D eigenvalue weighted by Crippen LogP contribution is -1.74. The Hall–Kier alpha value is -0.520. The largest absolute Gasteiger partial charge is 0.103 e. The molecule has 0 spiro atoms. The van der Waals surface area contributed by atoms with E-state index in [1.54, 1.807) is 0 Å². The Bertz CT molecular complexity index is 111. The topological polar surface area (TPSA) is 0 Å². The molecule has 70 valence electrons. The van der Waals surface area contributed by atoms with Gasteiger partial charge in [0, 0.05) is 0 Å². The van der Waals surface area contributed by atoms with E-state index in [2.05, 4.69) is 25.7 Å². The maximum Gasteiger partial charge on any atom is -0.0351 e. The highest BCUT2D eigenvalue weighted by Crippen LogP contribution is 2.04. The summed E-state index contributed by atoms with van der Waals surface area (Å²) >= 11 is 0. The van der Waals surface area contributed by atoms with Crippen LogP contribution in [0.4, 0.5) is 0 Å². The first kappa shape index (κ1) is 11.5. The molecule has 0 aromatic heterocycles. The van der Waals surface area contributed by atoms with Crippen molar-refractivity contribution in [2.75, 3.05) is 0 Å². The average molecular weight is 166 g/mol. The van der Waals surface area contributed by atoms with Crippen LogP contribution in [0.5, 0.6) is 0 Å². The van der Waals surface area contributed by atoms with E-state index >= 15 is 0 Å². The lowest BCUT2D eigenvalue weighted by molar-refractivity contribution is 0.695. The predicted octanol–water partition coefficient (Wildman–Crippen LogP) is 4.48. The van der Waals surface area contributed by atoms with Gasteiger partial charge >= 0.3 is 0 Å². The van der Waals surface area contributed by atoms with E-state index in [0.717, 1.165) is 0 Å². The minimum absolute atomic E-state index is 1.18. The summed E-state index contributed by atoms with van der Waals surface area (Å²) in [6, 6.07) is 0. The summed E-state index contributed by atoms with van der Waals surface area (Å²) in [6.45, 7) is 5.92. The van der Waals surface area contributed by atoms with Crippen molar-refractivity contribution in [3.05, 3.63) is 24.8 Å². The fourth-order valence-corrected chi connectivity index (χ4v) is 1.13. The molecule has 0 saturated carbocycles. The summed E-state index contributed by atoms with van der Waals surface area (Å²) < 4.78 is 0. The molecule has 0 aliphatic carbocycles. The van der Waals surface area contributed by atoms with Gasteiger partial charge in [-0.05, 0) is 32.1 Å². The van der Waals surface area contributed by atoms with Crippen LogP contribution in [-0.4, -0.2) is 0 Å². The normalized spacial score (nSPS) is 10.8. The van der Waals surface area contributed by atoms with Crippen LogP contribution in [0, 0.1) is 0 Å². The lowest BCUT2D eigenvalue weighted by atomic mass is 10.1. The fourth-order valence-electron chi connectivity index (χ4n) is 1.13. The number of unbranched alkanes of at least 4 members (excludes halogenated alkanes) is 5. The van der Waals surface area contributed by atoms with E-state index in [-0.39, 0.29) is 0 Å². The third kappa shape index (κ3) is 9.48. The zero-order valence-corrected chi connectivity index (χ0v) is 8.39. The second-order valence-corrected chi connectivity index (χ2v) is 3.19. The van der Waals surface area contributed by atoms with Crippen molar-refractivity contribution in [1.82, 2.24) is 0 Å². The first-order chi connectivity index (χ1) is 5.91. The van der Waals surface area contributed by atoms with Gasteiger partial charge in [-0.2, -0.15) is 0 Å². The van der Waals surface area contributed by atoms with Gasteiger partial charge in [0.15, 0.2) is 0 Å². The Morgan fingerprint density at radius 1 is 0.917 bits per heavy atom. The second kappa shape index (κ2) is 10.5. The molecule has 0 atom stereocenters. The molecular formula is C12H22. The molecule has 0 aliphatic rings. The Morgan fingerprint density at radius 2 is 1.58 bits per heavy atom. The molecule has 0 bridgehead atoms. The Kier molecular flexibility index (Phi) is 10.0. The number of hydrogen-bond acceptors (Lipinski definition) is 0. The number of allylic oxidation sites excluding steroid dienone is 3. The van der Waals surface area contributed by atoms with Crippen LogP contribution in [-0.2, 0) is 0 Å². The number of hydrogen-bond donors (Lipinski definition) is 0. The molecule has 0 amide bonds. The third-order valence-corrected chi connectivity index (χ3v) is 1.90. The van der Waals surface area contributed by atoms with Gasteiger partial charge in [0.1, 0.15) is 0 Å². The van der Waals surface area contributed by atoms with E-state index in [1.807, 2.05) is 6.08 Å². The molecule has 0 aromatic rings. The van der Waals surface area contributed by atoms with Gasteiger partial charge in [0.25, 0.3) is 0 Å². The summed E-state index contributed by atoms with van der Waals surface area (Å²) in [4.78, 5) is 0. The zero-order chi connectivity index (χ0) is 9.07. The monoisotopic (exact) mass is 166 g/mol. The molecule has 12 heavy (non-hydrogen) atoms. The van der Waals surface area contributed by atoms with Crippen molar-refractivity contribution in [1.29, 1.82) is 0 Å². The van der Waals surface area contributed by atoms with Crippen LogP contribution in [0.2, 0.25) is 0 Å². The highest BCUT2D eigenvalue weighted by molar-refractivity contribution is 4.80. The van der Waals surface area contributed by atoms with Gasteiger partial charge in [-0.3, -0.25) is 0 Å². The van der Waals surface area contributed by atoms with Gasteiger partial charge in [-0.15, -0.1) is 6.58 Å². The maximum absolute atomic E-state index is 3.71. The molecule has 0 saturated heterocycles. The average Bonchev–Trinajstić information content (AvgIpc) is 2.10. The molecule has 0 aliphatic heterocycles. The highest BCUT2D eigenvalue weighted by Gasteiger charge is 1.84. The summed E-state index contributed by atoms with van der Waals surface area (Å²) in [6.07, 6.45) is 15.6. The minimum Gasteiger partial charge on any atom is -0.103 e. The predicted molar refractivity (Wildman–Crippen MR) is 57.3 cm³/mol. The summed E-state index contributed by atoms with van der Waals surface area (Å²) in [5.74, 6) is 0. The zero-order valence-electron chi connectivity index (χ0n) is 8.39. The minimum atomic E-state index is 1.18. The van der Waals surface area contributed by atoms with Crippen LogP contribution < -0.4 is 0 Å². The SMILES string of the molecule is C=CCCCCCC=CCCC. The van der Waals surface area contributed by atoms with Crippen molar-refractivity contribution in [3.8, 4) is 0 Å². The van der Waals surface area contributed by atoms with Crippen molar-refractivity contribution >= 4 is 0 Å². The van der Waals surface area contributed by atoms with Crippen LogP contribution in [0.3, 0.4) is 0 Å². The van der Waals surface area contributed by atoms with Crippen LogP contribution in [0.25, 0.3) is 0 Å². The van der Waals surface area contributed by atoms with Gasteiger partial charge in [0.05, 0.1) is 0 Å². The van der Waals surface area contributed by atoms with Crippen LogP contribution >= 0.6 is 0 Å². The molecule has 0 unspecified atom stereocenters. The van der Waals surface area contributed by atoms with Gasteiger partial charge < -0.3 is 0 Å². The van der Waals surface area contributed by atoms with E-state index in [4.69, 9.17) is 0 Å². The first-order valence-corrected chi connectivity index (χ1v) is 5.17. The van der Waals surface area contributed by atoms with E-state index < -0.39 is 0 Å². The quantitative estimate of drug-likeness (QED) is 0.368. The van der Waals surface area contributed by atoms with E-state index in [1.165, 1.54) is 44.9 Å². The van der Waals surface area contributed by atoms with Crippen LogP contribution in [0.15, 0.2) is 24.8 Å². The first-order valence-electron chi connectivity index (χ1n) is 5.17. The summed E-state index contributed by atoms with van der Waals surface area (Å²) in [5.41, 5.74) is 0. The Balaban J connectivity index is 2.94. The highest BCUT2D eigenvalue weighted by atomic mass is 13.9. The molecule has 0 fully saturated rings. The second-order valence-electron chi connectivity index (χ2n) is 3.19. The Morgan fingerprint density at radius 3 is 2.25 bits per heavy atom. The van der Waals surface area contributed by atoms with Gasteiger partial charge in [0.2, 0.25) is 0 Å². The van der Waals surface area contributed by atoms with Crippen molar-refractivity contribution in [2.24, 2.45) is 0 Å². The van der Waals surface area contributed by atoms with Crippen LogP contribution in [0.1, 0.15) is 51.9 Å². The molecule has 0 heterocycles. The number of rotatable bonds is 8. The molecule has 0 aromatic carbocycles. The molecule has 0 nitrogen and oxygen atoms in total. The molecule has 0 rings (SSSR count). The van der Waals surface area contributed by atoms with Crippen molar-refractivity contribution in [3.63, 3.8) is 0 Å². The molecule has 0 heteroatoms. The van der Waals surface area contributed by atoms with Crippen molar-refractivity contribution in [2.45, 2.75) is 51.9 Å². The molecule has 0 N–H and O–H groups in total. The summed E-state index contributed by atoms with van der Waals surface area (Å²) in [7, 11) is 0. The summed E-state index contributed by atoms with van der Waals surface area (Å²) in [5, 5.41) is 0. The standard InChI is InChI=1S/C12H22/c1-3-5-7-9-11-12-10-8-6-4-2/h3,8,10H,1,4-7,9,11-12H2,2H3. The van der Waals surface area contributed by atoms with E-state index in [9.17, 15) is 0 Å². The molecular weight excluding hydrogens is 144 g/mol. The third-order valence-electron chi connectivity index (χ3n) is 1.90. The fraction of sp³-hybridized carbons (Fsp3) is 0.667.